The van der Waals surface area contributed by atoms with Crippen LogP contribution in [0, 0.1) is 6.92 Å². The van der Waals surface area contributed by atoms with Gasteiger partial charge in [-0.2, -0.15) is 0 Å². The number of likely N-dealkylation sites (N-methyl/N-ethyl adjacent to an activating group) is 1. The Morgan fingerprint density at radius 1 is 1.11 bits per heavy atom. The second-order valence-electron chi connectivity index (χ2n) is 7.34. The Kier molecular flexibility index (Phi) is 12.5. The molecule has 0 aliphatic carbocycles. The van der Waals surface area contributed by atoms with E-state index < -0.39 is 0 Å². The van der Waals surface area contributed by atoms with Gasteiger partial charge in [-0.3, -0.25) is 4.99 Å². The van der Waals surface area contributed by atoms with Crippen LogP contribution in [0.3, 0.4) is 0 Å². The fourth-order valence-electron chi connectivity index (χ4n) is 3.38. The van der Waals surface area contributed by atoms with E-state index in [1.165, 1.54) is 56.7 Å². The van der Waals surface area contributed by atoms with Crippen LogP contribution in [0.2, 0.25) is 0 Å². The summed E-state index contributed by atoms with van der Waals surface area (Å²) >= 11 is 0. The molecule has 6 nitrogen and oxygen atoms in total. The molecule has 1 aliphatic rings. The van der Waals surface area contributed by atoms with Gasteiger partial charge >= 0.3 is 0 Å². The van der Waals surface area contributed by atoms with Crippen molar-refractivity contribution in [2.24, 2.45) is 4.99 Å². The van der Waals surface area contributed by atoms with Gasteiger partial charge < -0.3 is 25.2 Å². The zero-order chi connectivity index (χ0) is 19.5. The Labute approximate surface area is 188 Å². The van der Waals surface area contributed by atoms with E-state index in [1.54, 1.807) is 7.11 Å². The number of benzene rings is 1. The van der Waals surface area contributed by atoms with Crippen molar-refractivity contribution in [3.05, 3.63) is 29.3 Å². The van der Waals surface area contributed by atoms with Gasteiger partial charge in [-0.25, -0.2) is 0 Å². The van der Waals surface area contributed by atoms with Gasteiger partial charge in [0.1, 0.15) is 5.75 Å². The number of piperazine rings is 1. The number of guanidine groups is 1. The summed E-state index contributed by atoms with van der Waals surface area (Å²) < 4.78 is 5.45. The average molecular weight is 503 g/mol. The molecule has 1 aliphatic heterocycles. The van der Waals surface area contributed by atoms with Crippen LogP contribution < -0.4 is 15.4 Å². The highest BCUT2D eigenvalue weighted by atomic mass is 127. The number of rotatable bonds is 9. The molecule has 1 aromatic rings. The van der Waals surface area contributed by atoms with Gasteiger partial charge in [-0.1, -0.05) is 17.7 Å². The Morgan fingerprint density at radius 2 is 1.82 bits per heavy atom. The van der Waals surface area contributed by atoms with E-state index in [4.69, 9.17) is 4.74 Å². The molecular formula is C21H38IN5O. The molecule has 0 aromatic heterocycles. The SMILES string of the molecule is CN=C(NCCCCN1CCN(C)CC1)NCCc1cc(C)ccc1OC.I. The average Bonchev–Trinajstić information content (AvgIpc) is 2.68. The van der Waals surface area contributed by atoms with Crippen LogP contribution in [-0.4, -0.2) is 82.8 Å². The van der Waals surface area contributed by atoms with Gasteiger partial charge in [0, 0.05) is 46.3 Å². The van der Waals surface area contributed by atoms with E-state index in [9.17, 15) is 0 Å². The number of unbranched alkanes of at least 4 members (excludes halogenated alkanes) is 1. The molecule has 1 fully saturated rings. The summed E-state index contributed by atoms with van der Waals surface area (Å²) in [6, 6.07) is 6.31. The maximum absolute atomic E-state index is 5.45. The molecule has 0 amide bonds. The van der Waals surface area contributed by atoms with Crippen molar-refractivity contribution in [3.63, 3.8) is 0 Å². The molecule has 2 N–H and O–H groups in total. The topological polar surface area (TPSA) is 52.1 Å². The summed E-state index contributed by atoms with van der Waals surface area (Å²) in [4.78, 5) is 9.30. The number of methoxy groups -OCH3 is 1. The lowest BCUT2D eigenvalue weighted by Gasteiger charge is -2.32. The highest BCUT2D eigenvalue weighted by molar-refractivity contribution is 14.0. The standard InChI is InChI=1S/C21H37N5O.HI/c1-18-7-8-20(27-4)19(17-18)9-11-24-21(22-2)23-10-5-6-12-26-15-13-25(3)14-16-26;/h7-8,17H,5-6,9-16H2,1-4H3,(H2,22,23,24);1H. The van der Waals surface area contributed by atoms with Crippen LogP contribution >= 0.6 is 24.0 Å². The first-order valence-corrected chi connectivity index (χ1v) is 10.1. The van der Waals surface area contributed by atoms with Crippen LogP contribution in [0.25, 0.3) is 0 Å². The third-order valence-electron chi connectivity index (χ3n) is 5.14. The normalized spacial score (nSPS) is 15.8. The molecule has 0 spiro atoms. The highest BCUT2D eigenvalue weighted by Gasteiger charge is 2.12. The molecule has 1 saturated heterocycles. The number of hydrogen-bond acceptors (Lipinski definition) is 4. The highest BCUT2D eigenvalue weighted by Crippen LogP contribution is 2.19. The summed E-state index contributed by atoms with van der Waals surface area (Å²) in [6.45, 7) is 9.90. The molecule has 28 heavy (non-hydrogen) atoms. The lowest BCUT2D eigenvalue weighted by molar-refractivity contribution is 0.152. The summed E-state index contributed by atoms with van der Waals surface area (Å²) in [5, 5.41) is 6.82. The van der Waals surface area contributed by atoms with E-state index in [2.05, 4.69) is 51.5 Å². The fraction of sp³-hybridized carbons (Fsp3) is 0.667. The number of nitrogens with one attached hydrogen (secondary N) is 2. The predicted molar refractivity (Wildman–Crippen MR) is 129 cm³/mol. The molecular weight excluding hydrogens is 465 g/mol. The van der Waals surface area contributed by atoms with Crippen molar-refractivity contribution in [2.45, 2.75) is 26.2 Å². The van der Waals surface area contributed by atoms with Gasteiger partial charge in [0.05, 0.1) is 7.11 Å². The molecule has 1 aromatic carbocycles. The van der Waals surface area contributed by atoms with Crippen LogP contribution in [0.1, 0.15) is 24.0 Å². The first-order valence-electron chi connectivity index (χ1n) is 10.1. The molecule has 2 rings (SSSR count). The first-order chi connectivity index (χ1) is 13.1. The van der Waals surface area contributed by atoms with E-state index in [-0.39, 0.29) is 24.0 Å². The molecule has 1 heterocycles. The number of aryl methyl sites for hydroxylation is 1. The Hall–Kier alpha value is -1.06. The number of nitrogens with zero attached hydrogens (tertiary/aromatic N) is 3. The number of hydrogen-bond donors (Lipinski definition) is 2. The monoisotopic (exact) mass is 503 g/mol. The van der Waals surface area contributed by atoms with Gasteiger partial charge in [0.15, 0.2) is 5.96 Å². The van der Waals surface area contributed by atoms with Gasteiger partial charge in [0.25, 0.3) is 0 Å². The predicted octanol–water partition coefficient (Wildman–Crippen LogP) is 2.36. The largest absolute Gasteiger partial charge is 0.496 e. The van der Waals surface area contributed by atoms with Crippen LogP contribution in [0.15, 0.2) is 23.2 Å². The molecule has 160 valence electrons. The van der Waals surface area contributed by atoms with Gasteiger partial charge in [-0.05, 0) is 51.4 Å². The van der Waals surface area contributed by atoms with E-state index in [0.717, 1.165) is 31.2 Å². The van der Waals surface area contributed by atoms with Crippen molar-refractivity contribution >= 4 is 29.9 Å². The molecule has 0 saturated carbocycles. The van der Waals surface area contributed by atoms with Crippen molar-refractivity contribution in [1.29, 1.82) is 0 Å². The van der Waals surface area contributed by atoms with Gasteiger partial charge in [0.2, 0.25) is 0 Å². The number of ether oxygens (including phenoxy) is 1. The zero-order valence-corrected chi connectivity index (χ0v) is 20.3. The minimum atomic E-state index is 0. The quantitative estimate of drug-likeness (QED) is 0.235. The lowest BCUT2D eigenvalue weighted by atomic mass is 10.1. The molecule has 0 radical (unpaired) electrons. The first kappa shape index (κ1) is 25.0. The summed E-state index contributed by atoms with van der Waals surface area (Å²) in [7, 11) is 5.76. The minimum Gasteiger partial charge on any atom is -0.496 e. The third-order valence-corrected chi connectivity index (χ3v) is 5.14. The minimum absolute atomic E-state index is 0. The second kappa shape index (κ2) is 14.0. The summed E-state index contributed by atoms with van der Waals surface area (Å²) in [6.07, 6.45) is 3.31. The fourth-order valence-corrected chi connectivity index (χ4v) is 3.38. The Balaban J connectivity index is 0.00000392. The molecule has 0 unspecified atom stereocenters. The van der Waals surface area contributed by atoms with Crippen molar-refractivity contribution in [3.8, 4) is 5.75 Å². The van der Waals surface area contributed by atoms with Crippen LogP contribution in [0.4, 0.5) is 0 Å². The zero-order valence-electron chi connectivity index (χ0n) is 18.0. The van der Waals surface area contributed by atoms with Crippen molar-refractivity contribution in [2.75, 3.05) is 67.0 Å². The van der Waals surface area contributed by atoms with Crippen molar-refractivity contribution < 1.29 is 4.74 Å². The molecule has 7 heteroatoms. The summed E-state index contributed by atoms with van der Waals surface area (Å²) in [5.74, 6) is 1.83. The van der Waals surface area contributed by atoms with Gasteiger partial charge in [-0.15, -0.1) is 24.0 Å². The maximum atomic E-state index is 5.45. The number of halogens is 1. The Morgan fingerprint density at radius 3 is 2.50 bits per heavy atom. The second-order valence-corrected chi connectivity index (χ2v) is 7.34. The third kappa shape index (κ3) is 8.96. The van der Waals surface area contributed by atoms with E-state index in [0.29, 0.717) is 0 Å². The lowest BCUT2D eigenvalue weighted by Crippen LogP contribution is -2.44. The van der Waals surface area contributed by atoms with Crippen molar-refractivity contribution in [1.82, 2.24) is 20.4 Å². The summed E-state index contributed by atoms with van der Waals surface area (Å²) in [5.41, 5.74) is 2.49. The molecule has 0 bridgehead atoms. The maximum Gasteiger partial charge on any atom is 0.190 e. The smallest absolute Gasteiger partial charge is 0.190 e. The number of aliphatic imine (C=N–C) groups is 1. The van der Waals surface area contributed by atoms with E-state index >= 15 is 0 Å². The van der Waals surface area contributed by atoms with Crippen LogP contribution in [-0.2, 0) is 6.42 Å². The van der Waals surface area contributed by atoms with E-state index in [1.807, 2.05) is 13.1 Å². The Bertz CT molecular complexity index is 588. The molecule has 0 atom stereocenters. The van der Waals surface area contributed by atoms with Crippen LogP contribution in [0.5, 0.6) is 5.75 Å².